The van der Waals surface area contributed by atoms with Gasteiger partial charge in [-0.25, -0.2) is 18.4 Å². The molecule has 37 heavy (non-hydrogen) atoms. The molecule has 2 amide bonds. The van der Waals surface area contributed by atoms with Crippen molar-refractivity contribution >= 4 is 38.6 Å². The monoisotopic (exact) mass is 520 g/mol. The molecule has 3 heterocycles. The average Bonchev–Trinajstić information content (AvgIpc) is 3.19. The number of carbonyl (C=O) groups excluding carboxylic acids is 2. The number of rotatable bonds is 8. The molecule has 2 N–H and O–H groups in total. The fourth-order valence-corrected chi connectivity index (χ4v) is 7.49. The number of hydrogen-bond acceptors (Lipinski definition) is 7. The summed E-state index contributed by atoms with van der Waals surface area (Å²) in [5, 5.41) is 1.86. The third-order valence-corrected chi connectivity index (χ3v) is 9.67. The highest BCUT2D eigenvalue weighted by Crippen LogP contribution is 2.51. The molecule has 1 saturated carbocycles. The first kappa shape index (κ1) is 23.8. The molecule has 2 atom stereocenters. The van der Waals surface area contributed by atoms with Crippen molar-refractivity contribution in [3.05, 3.63) is 60.4 Å². The molecule has 192 valence electrons. The Balaban J connectivity index is 1.24. The lowest BCUT2D eigenvalue weighted by molar-refractivity contribution is -0.127. The molecule has 0 spiro atoms. The highest BCUT2D eigenvalue weighted by Gasteiger charge is 2.61. The summed E-state index contributed by atoms with van der Waals surface area (Å²) >= 11 is 0. The first-order chi connectivity index (χ1) is 17.8. The summed E-state index contributed by atoms with van der Waals surface area (Å²) in [6, 6.07) is 12.8. The number of piperidine rings is 1. The molecular weight excluding hydrogens is 492 g/mol. The number of nitrogens with zero attached hydrogens (tertiary/aromatic N) is 5. The lowest BCUT2D eigenvalue weighted by Crippen LogP contribution is -2.43. The van der Waals surface area contributed by atoms with Crippen LogP contribution in [0.2, 0.25) is 0 Å². The first-order valence-electron chi connectivity index (χ1n) is 12.5. The second kappa shape index (κ2) is 9.07. The Morgan fingerprint density at radius 2 is 1.76 bits per heavy atom. The zero-order valence-corrected chi connectivity index (χ0v) is 21.0. The van der Waals surface area contributed by atoms with Crippen LogP contribution >= 0.6 is 0 Å². The number of fused-ring (bicyclic) bond motifs is 2. The molecule has 1 aromatic heterocycles. The van der Waals surface area contributed by atoms with Gasteiger partial charge in [-0.15, -0.1) is 0 Å². The third-order valence-electron chi connectivity index (χ3n) is 7.78. The van der Waals surface area contributed by atoms with E-state index < -0.39 is 15.9 Å². The van der Waals surface area contributed by atoms with Gasteiger partial charge in [0.15, 0.2) is 0 Å². The third kappa shape index (κ3) is 4.31. The molecule has 1 aliphatic carbocycles. The van der Waals surface area contributed by atoms with E-state index in [1.165, 1.54) is 12.4 Å². The molecule has 0 radical (unpaired) electrons. The van der Waals surface area contributed by atoms with Crippen LogP contribution in [0.4, 0.5) is 5.95 Å². The number of carbonyl (C=O) groups is 2. The lowest BCUT2D eigenvalue weighted by Gasteiger charge is -2.28. The van der Waals surface area contributed by atoms with Gasteiger partial charge in [-0.2, -0.15) is 4.31 Å². The maximum atomic E-state index is 14.0. The van der Waals surface area contributed by atoms with Crippen molar-refractivity contribution < 1.29 is 18.0 Å². The maximum absolute atomic E-state index is 14.0. The molecule has 3 aliphatic rings. The number of sulfonamides is 1. The molecule has 3 fully saturated rings. The number of anilines is 1. The van der Waals surface area contributed by atoms with E-state index >= 15 is 0 Å². The fraction of sp³-hybridized carbons (Fsp3) is 0.385. The van der Waals surface area contributed by atoms with Crippen molar-refractivity contribution in [2.24, 2.45) is 17.6 Å². The second-order valence-electron chi connectivity index (χ2n) is 9.97. The zero-order chi connectivity index (χ0) is 25.7. The largest absolute Gasteiger partial charge is 0.366 e. The Labute approximate surface area is 215 Å². The SMILES string of the molecule is NC(=O)c1cnc(N2CC3C(C2)C3N(CCN2CCCC2=O)S(=O)(=O)c2ccc3ccccc3c2)nc1. The minimum Gasteiger partial charge on any atom is -0.366 e. The van der Waals surface area contributed by atoms with E-state index in [1.54, 1.807) is 21.3 Å². The zero-order valence-electron chi connectivity index (χ0n) is 20.2. The lowest BCUT2D eigenvalue weighted by atomic mass is 10.1. The Hall–Kier alpha value is -3.57. The average molecular weight is 521 g/mol. The van der Waals surface area contributed by atoms with Gasteiger partial charge >= 0.3 is 0 Å². The summed E-state index contributed by atoms with van der Waals surface area (Å²) in [6.45, 7) is 2.58. The minimum atomic E-state index is -3.78. The van der Waals surface area contributed by atoms with Gasteiger partial charge in [0.05, 0.1) is 10.5 Å². The summed E-state index contributed by atoms with van der Waals surface area (Å²) in [5.41, 5.74) is 5.53. The molecule has 11 heteroatoms. The molecule has 2 saturated heterocycles. The predicted octanol–water partition coefficient (Wildman–Crippen LogP) is 1.48. The van der Waals surface area contributed by atoms with E-state index in [0.29, 0.717) is 38.5 Å². The normalized spacial score (nSPS) is 23.2. The van der Waals surface area contributed by atoms with E-state index in [9.17, 15) is 18.0 Å². The summed E-state index contributed by atoms with van der Waals surface area (Å²) in [7, 11) is -3.78. The molecule has 10 nitrogen and oxygen atoms in total. The van der Waals surface area contributed by atoms with Gasteiger partial charge in [-0.1, -0.05) is 30.3 Å². The summed E-state index contributed by atoms with van der Waals surface area (Å²) in [5.74, 6) is 0.291. The number of nitrogens with two attached hydrogens (primary N) is 1. The van der Waals surface area contributed by atoms with Crippen LogP contribution in [0.25, 0.3) is 10.8 Å². The van der Waals surface area contributed by atoms with Crippen LogP contribution in [0.1, 0.15) is 23.2 Å². The van der Waals surface area contributed by atoms with Gasteiger partial charge in [-0.05, 0) is 41.2 Å². The van der Waals surface area contributed by atoms with Gasteiger partial charge in [0, 0.05) is 57.6 Å². The van der Waals surface area contributed by atoms with Gasteiger partial charge in [0.2, 0.25) is 21.9 Å². The Morgan fingerprint density at radius 3 is 2.41 bits per heavy atom. The Morgan fingerprint density at radius 1 is 1.05 bits per heavy atom. The molecule has 0 bridgehead atoms. The molecule has 3 aromatic rings. The maximum Gasteiger partial charge on any atom is 0.251 e. The standard InChI is InChI=1S/C26H28N6O4S/c27-25(34)19-13-28-26(29-14-19)31-15-21-22(16-31)24(21)32(11-10-30-9-3-6-23(30)33)37(35,36)20-8-7-17-4-1-2-5-18(17)12-20/h1-2,4-5,7-8,12-14,21-22,24H,3,6,9-11,15-16H2,(H2,27,34). The van der Waals surface area contributed by atoms with Crippen molar-refractivity contribution in [3.63, 3.8) is 0 Å². The van der Waals surface area contributed by atoms with E-state index in [1.807, 2.05) is 35.2 Å². The van der Waals surface area contributed by atoms with Crippen LogP contribution in [0, 0.1) is 11.8 Å². The number of primary amides is 1. The number of likely N-dealkylation sites (tertiary alicyclic amines) is 1. The van der Waals surface area contributed by atoms with Crippen LogP contribution in [0.3, 0.4) is 0 Å². The van der Waals surface area contributed by atoms with Gasteiger partial charge < -0.3 is 15.5 Å². The van der Waals surface area contributed by atoms with Gasteiger partial charge in [0.25, 0.3) is 5.91 Å². The predicted molar refractivity (Wildman–Crippen MR) is 137 cm³/mol. The van der Waals surface area contributed by atoms with E-state index in [4.69, 9.17) is 5.73 Å². The topological polar surface area (TPSA) is 130 Å². The van der Waals surface area contributed by atoms with Crippen molar-refractivity contribution in [1.29, 1.82) is 0 Å². The number of amides is 2. The highest BCUT2D eigenvalue weighted by molar-refractivity contribution is 7.89. The van der Waals surface area contributed by atoms with E-state index in [0.717, 1.165) is 17.2 Å². The molecule has 2 unspecified atom stereocenters. The van der Waals surface area contributed by atoms with Crippen LogP contribution in [0.15, 0.2) is 59.8 Å². The molecule has 2 aromatic carbocycles. The Bertz CT molecular complexity index is 1470. The second-order valence-corrected chi connectivity index (χ2v) is 11.9. The number of benzene rings is 2. The van der Waals surface area contributed by atoms with Crippen molar-refractivity contribution in [3.8, 4) is 0 Å². The highest BCUT2D eigenvalue weighted by atomic mass is 32.2. The van der Waals surface area contributed by atoms with Crippen LogP contribution in [0.5, 0.6) is 0 Å². The quantitative estimate of drug-likeness (QED) is 0.476. The van der Waals surface area contributed by atoms with Crippen molar-refractivity contribution in [2.45, 2.75) is 23.8 Å². The van der Waals surface area contributed by atoms with Crippen molar-refractivity contribution in [2.75, 3.05) is 37.6 Å². The summed E-state index contributed by atoms with van der Waals surface area (Å²) < 4.78 is 29.6. The summed E-state index contributed by atoms with van der Waals surface area (Å²) in [4.78, 5) is 36.1. The van der Waals surface area contributed by atoms with Crippen molar-refractivity contribution in [1.82, 2.24) is 19.2 Å². The first-order valence-corrected chi connectivity index (χ1v) is 13.9. The number of hydrogen-bond donors (Lipinski definition) is 1. The molecular formula is C26H28N6O4S. The summed E-state index contributed by atoms with van der Waals surface area (Å²) in [6.07, 6.45) is 4.16. The van der Waals surface area contributed by atoms with Gasteiger partial charge in [-0.3, -0.25) is 9.59 Å². The van der Waals surface area contributed by atoms with Crippen LogP contribution in [-0.2, 0) is 14.8 Å². The van der Waals surface area contributed by atoms with E-state index in [2.05, 4.69) is 9.97 Å². The fourth-order valence-electron chi connectivity index (χ4n) is 5.75. The molecule has 6 rings (SSSR count). The van der Waals surface area contributed by atoms with Crippen LogP contribution < -0.4 is 10.6 Å². The Kier molecular flexibility index (Phi) is 5.84. The molecule has 2 aliphatic heterocycles. The minimum absolute atomic E-state index is 0.0850. The van der Waals surface area contributed by atoms with Crippen LogP contribution in [-0.4, -0.2) is 78.2 Å². The smallest absolute Gasteiger partial charge is 0.251 e. The van der Waals surface area contributed by atoms with E-state index in [-0.39, 0.29) is 40.8 Å². The number of aromatic nitrogens is 2. The van der Waals surface area contributed by atoms with Gasteiger partial charge in [0.1, 0.15) is 0 Å².